The minimum Gasteiger partial charge on any atom is -0.490 e. The Hall–Kier alpha value is -2.91. The zero-order valence-electron chi connectivity index (χ0n) is 16.6. The molecule has 29 heavy (non-hydrogen) atoms. The Morgan fingerprint density at radius 2 is 2.17 bits per heavy atom. The molecule has 1 atom stereocenters. The number of hydrogen-bond donors (Lipinski definition) is 1. The highest BCUT2D eigenvalue weighted by Gasteiger charge is 2.39. The van der Waals surface area contributed by atoms with E-state index in [4.69, 9.17) is 26.8 Å². The van der Waals surface area contributed by atoms with Crippen LogP contribution in [0.15, 0.2) is 47.5 Å². The second kappa shape index (κ2) is 8.62. The number of ether oxygens (including phenoxy) is 2. The van der Waals surface area contributed by atoms with Gasteiger partial charge in [-0.1, -0.05) is 24.3 Å². The summed E-state index contributed by atoms with van der Waals surface area (Å²) in [6.07, 6.45) is 3.57. The monoisotopic (exact) mass is 413 g/mol. The van der Waals surface area contributed by atoms with Crippen LogP contribution in [0.2, 0.25) is 5.02 Å². The van der Waals surface area contributed by atoms with Gasteiger partial charge in [0.15, 0.2) is 17.3 Å². The molecule has 1 aromatic rings. The SMILES string of the molecule is C=CCOc1c(Cl)cc([C@@H]2C(C#N)=C(N)N(C)C3=C2C(=O)CCC3)cc1OCC. The second-order valence-corrected chi connectivity index (χ2v) is 7.31. The van der Waals surface area contributed by atoms with Crippen LogP contribution in [0.3, 0.4) is 0 Å². The van der Waals surface area contributed by atoms with Crippen LogP contribution >= 0.6 is 11.6 Å². The van der Waals surface area contributed by atoms with Gasteiger partial charge in [0.2, 0.25) is 0 Å². The van der Waals surface area contributed by atoms with E-state index in [1.807, 2.05) is 6.92 Å². The van der Waals surface area contributed by atoms with E-state index in [0.29, 0.717) is 52.1 Å². The van der Waals surface area contributed by atoms with E-state index in [1.54, 1.807) is 30.2 Å². The minimum atomic E-state index is -0.579. The molecule has 152 valence electrons. The van der Waals surface area contributed by atoms with Crippen LogP contribution in [-0.2, 0) is 4.79 Å². The zero-order chi connectivity index (χ0) is 21.1. The number of carbonyl (C=O) groups excluding carboxylic acids is 1. The Labute approximate surface area is 175 Å². The predicted molar refractivity (Wildman–Crippen MR) is 112 cm³/mol. The van der Waals surface area contributed by atoms with Crippen molar-refractivity contribution in [2.45, 2.75) is 32.1 Å². The van der Waals surface area contributed by atoms with Gasteiger partial charge in [-0.25, -0.2) is 0 Å². The van der Waals surface area contributed by atoms with Gasteiger partial charge in [0.05, 0.1) is 29.2 Å². The fraction of sp³-hybridized carbons (Fsp3) is 0.364. The number of Topliss-reactive ketones (excluding diaryl/α,β-unsaturated/α-hetero) is 1. The van der Waals surface area contributed by atoms with E-state index in [0.717, 1.165) is 18.5 Å². The number of hydrogen-bond acceptors (Lipinski definition) is 6. The first kappa shape index (κ1) is 20.8. The molecule has 3 rings (SSSR count). The highest BCUT2D eigenvalue weighted by atomic mass is 35.5. The van der Waals surface area contributed by atoms with Crippen LogP contribution in [0.5, 0.6) is 11.5 Å². The number of nitriles is 1. The molecular weight excluding hydrogens is 390 g/mol. The van der Waals surface area contributed by atoms with Gasteiger partial charge in [0.1, 0.15) is 12.4 Å². The largest absolute Gasteiger partial charge is 0.490 e. The first-order chi connectivity index (χ1) is 13.9. The topological polar surface area (TPSA) is 88.6 Å². The van der Waals surface area contributed by atoms with E-state index in [9.17, 15) is 10.1 Å². The van der Waals surface area contributed by atoms with Crippen LogP contribution in [-0.4, -0.2) is 30.9 Å². The molecule has 2 aliphatic rings. The van der Waals surface area contributed by atoms with Gasteiger partial charge < -0.3 is 20.1 Å². The summed E-state index contributed by atoms with van der Waals surface area (Å²) in [7, 11) is 1.79. The van der Waals surface area contributed by atoms with E-state index >= 15 is 0 Å². The van der Waals surface area contributed by atoms with Gasteiger partial charge in [0.25, 0.3) is 0 Å². The first-order valence-electron chi connectivity index (χ1n) is 9.54. The van der Waals surface area contributed by atoms with Gasteiger partial charge in [0, 0.05) is 24.7 Å². The van der Waals surface area contributed by atoms with Gasteiger partial charge in [-0.2, -0.15) is 5.26 Å². The molecule has 1 heterocycles. The Bertz CT molecular complexity index is 959. The third-order valence-electron chi connectivity index (χ3n) is 5.18. The maximum atomic E-state index is 12.9. The molecule has 0 amide bonds. The van der Waals surface area contributed by atoms with Gasteiger partial charge >= 0.3 is 0 Å². The smallest absolute Gasteiger partial charge is 0.180 e. The van der Waals surface area contributed by atoms with E-state index in [-0.39, 0.29) is 12.4 Å². The Kier molecular flexibility index (Phi) is 6.19. The molecular formula is C22H24ClN3O3. The zero-order valence-corrected chi connectivity index (χ0v) is 17.4. The summed E-state index contributed by atoms with van der Waals surface area (Å²) >= 11 is 6.51. The predicted octanol–water partition coefficient (Wildman–Crippen LogP) is 4.03. The molecule has 0 spiro atoms. The molecule has 1 aliphatic heterocycles. The third-order valence-corrected chi connectivity index (χ3v) is 5.46. The summed E-state index contributed by atoms with van der Waals surface area (Å²) in [5.74, 6) is 0.669. The second-order valence-electron chi connectivity index (χ2n) is 6.90. The lowest BCUT2D eigenvalue weighted by molar-refractivity contribution is -0.116. The maximum absolute atomic E-state index is 12.9. The average molecular weight is 414 g/mol. The molecule has 0 unspecified atom stereocenters. The highest BCUT2D eigenvalue weighted by Crippen LogP contribution is 2.47. The molecule has 6 nitrogen and oxygen atoms in total. The van der Waals surface area contributed by atoms with Crippen LogP contribution in [0, 0.1) is 11.3 Å². The number of benzene rings is 1. The number of halogens is 1. The van der Waals surface area contributed by atoms with E-state index < -0.39 is 5.92 Å². The van der Waals surface area contributed by atoms with E-state index in [2.05, 4.69) is 12.6 Å². The fourth-order valence-electron chi connectivity index (χ4n) is 3.90. The van der Waals surface area contributed by atoms with Crippen molar-refractivity contribution < 1.29 is 14.3 Å². The van der Waals surface area contributed by atoms with Crippen molar-refractivity contribution in [2.75, 3.05) is 20.3 Å². The fourth-order valence-corrected chi connectivity index (χ4v) is 4.17. The summed E-state index contributed by atoms with van der Waals surface area (Å²) in [4.78, 5) is 14.6. The molecule has 0 saturated carbocycles. The molecule has 0 saturated heterocycles. The Morgan fingerprint density at radius 3 is 2.83 bits per heavy atom. The molecule has 7 heteroatoms. The molecule has 0 aromatic heterocycles. The maximum Gasteiger partial charge on any atom is 0.180 e. The Balaban J connectivity index is 2.21. The van der Waals surface area contributed by atoms with Crippen molar-refractivity contribution in [3.05, 3.63) is 58.0 Å². The van der Waals surface area contributed by atoms with Crippen LogP contribution in [0.1, 0.15) is 37.7 Å². The summed E-state index contributed by atoms with van der Waals surface area (Å²) in [5, 5.41) is 10.2. The lowest BCUT2D eigenvalue weighted by Crippen LogP contribution is -2.36. The number of nitrogens with zero attached hydrogens (tertiary/aromatic N) is 2. The van der Waals surface area contributed by atoms with Crippen molar-refractivity contribution in [1.82, 2.24) is 4.90 Å². The lowest BCUT2D eigenvalue weighted by atomic mass is 9.76. The van der Waals surface area contributed by atoms with Gasteiger partial charge in [-0.05, 0) is 37.5 Å². The quantitative estimate of drug-likeness (QED) is 0.708. The molecule has 2 N–H and O–H groups in total. The van der Waals surface area contributed by atoms with Crippen molar-refractivity contribution >= 4 is 17.4 Å². The number of ketones is 1. The summed E-state index contributed by atoms with van der Waals surface area (Å²) in [5.41, 5.74) is 8.77. The Morgan fingerprint density at radius 1 is 1.41 bits per heavy atom. The van der Waals surface area contributed by atoms with Crippen molar-refractivity contribution in [2.24, 2.45) is 5.73 Å². The third kappa shape index (κ3) is 3.70. The number of rotatable bonds is 6. The van der Waals surface area contributed by atoms with Crippen LogP contribution < -0.4 is 15.2 Å². The summed E-state index contributed by atoms with van der Waals surface area (Å²) < 4.78 is 11.4. The highest BCUT2D eigenvalue weighted by molar-refractivity contribution is 6.32. The minimum absolute atomic E-state index is 0.0319. The van der Waals surface area contributed by atoms with Gasteiger partial charge in [-0.15, -0.1) is 0 Å². The molecule has 0 radical (unpaired) electrons. The number of carbonyl (C=O) groups is 1. The summed E-state index contributed by atoms with van der Waals surface area (Å²) in [6, 6.07) is 5.70. The standard InChI is InChI=1S/C22H24ClN3O3/c1-4-9-29-21-15(23)10-13(11-18(21)28-5-2)19-14(12-24)22(25)26(3)16-7-6-8-17(27)20(16)19/h4,10-11,19H,1,5-9,25H2,2-3H3/t19-/m1/s1. The van der Waals surface area contributed by atoms with Crippen LogP contribution in [0.4, 0.5) is 0 Å². The van der Waals surface area contributed by atoms with E-state index in [1.165, 1.54) is 0 Å². The molecule has 1 aromatic carbocycles. The molecule has 1 aliphatic carbocycles. The van der Waals surface area contributed by atoms with Crippen molar-refractivity contribution in [1.29, 1.82) is 5.26 Å². The average Bonchev–Trinajstić information content (AvgIpc) is 2.70. The molecule has 0 bridgehead atoms. The lowest BCUT2D eigenvalue weighted by Gasteiger charge is -2.37. The first-order valence-corrected chi connectivity index (χ1v) is 9.91. The molecule has 0 fully saturated rings. The van der Waals surface area contributed by atoms with Crippen molar-refractivity contribution in [3.8, 4) is 17.6 Å². The van der Waals surface area contributed by atoms with Crippen molar-refractivity contribution in [3.63, 3.8) is 0 Å². The summed E-state index contributed by atoms with van der Waals surface area (Å²) in [6.45, 7) is 6.19. The normalized spacial score (nSPS) is 19.0. The van der Waals surface area contributed by atoms with Gasteiger partial charge in [-0.3, -0.25) is 4.79 Å². The van der Waals surface area contributed by atoms with Crippen LogP contribution in [0.25, 0.3) is 0 Å². The number of nitrogens with two attached hydrogens (primary N) is 1. The number of allylic oxidation sites excluding steroid dienone is 3.